The zero-order valence-corrected chi connectivity index (χ0v) is 9.32. The van der Waals surface area contributed by atoms with Crippen LogP contribution in [0.2, 0.25) is 0 Å². The van der Waals surface area contributed by atoms with Crippen molar-refractivity contribution >= 4 is 5.69 Å². The number of nitrogens with zero attached hydrogens (tertiary/aromatic N) is 5. The van der Waals surface area contributed by atoms with E-state index in [-0.39, 0.29) is 0 Å². The molecule has 0 atom stereocenters. The molecule has 2 aromatic rings. The molecule has 1 aromatic carbocycles. The van der Waals surface area contributed by atoms with Gasteiger partial charge in [0.2, 0.25) is 0 Å². The van der Waals surface area contributed by atoms with E-state index in [1.54, 1.807) is 31.8 Å². The van der Waals surface area contributed by atoms with Gasteiger partial charge in [0, 0.05) is 23.9 Å². The van der Waals surface area contributed by atoms with E-state index in [1.807, 2.05) is 16.8 Å². The lowest BCUT2D eigenvalue weighted by Crippen LogP contribution is -1.96. The number of benzene rings is 1. The predicted molar refractivity (Wildman–Crippen MR) is 63.1 cm³/mol. The van der Waals surface area contributed by atoms with Gasteiger partial charge < -0.3 is 9.30 Å². The third kappa shape index (κ3) is 2.56. The molecule has 1 heterocycles. The maximum atomic E-state index is 8.47. The smallest absolute Gasteiger partial charge is 0.128 e. The van der Waals surface area contributed by atoms with Crippen LogP contribution < -0.4 is 4.74 Å². The summed E-state index contributed by atoms with van der Waals surface area (Å²) >= 11 is 0. The quantitative estimate of drug-likeness (QED) is 0.459. The molecule has 0 radical (unpaired) electrons. The lowest BCUT2D eigenvalue weighted by Gasteiger charge is -2.07. The summed E-state index contributed by atoms with van der Waals surface area (Å²) in [5.74, 6) is 0.567. The zero-order valence-electron chi connectivity index (χ0n) is 9.32. The summed E-state index contributed by atoms with van der Waals surface area (Å²) in [5, 5.41) is 3.60. The molecule has 86 valence electrons. The molecular formula is C11H11N5O. The van der Waals surface area contributed by atoms with Gasteiger partial charge in [0.25, 0.3) is 0 Å². The van der Waals surface area contributed by atoms with Crippen molar-refractivity contribution in [3.05, 3.63) is 52.9 Å². The lowest BCUT2D eigenvalue weighted by molar-refractivity contribution is 0.416. The van der Waals surface area contributed by atoms with Gasteiger partial charge in [0.1, 0.15) is 5.75 Å². The SMILES string of the molecule is COc1ccc(Cn2ccnc2)cc1N=[N+]=[N-]. The number of aromatic nitrogens is 2. The van der Waals surface area contributed by atoms with Crippen LogP contribution in [0.4, 0.5) is 5.69 Å². The van der Waals surface area contributed by atoms with Crippen LogP contribution in [0.25, 0.3) is 10.4 Å². The number of methoxy groups -OCH3 is 1. The molecule has 1 aromatic heterocycles. The fourth-order valence-corrected chi connectivity index (χ4v) is 1.55. The first-order valence-corrected chi connectivity index (χ1v) is 5.01. The zero-order chi connectivity index (χ0) is 12.1. The molecule has 0 unspecified atom stereocenters. The van der Waals surface area contributed by atoms with Crippen LogP contribution in [-0.2, 0) is 6.54 Å². The van der Waals surface area contributed by atoms with Crippen molar-refractivity contribution in [1.82, 2.24) is 9.55 Å². The van der Waals surface area contributed by atoms with E-state index in [2.05, 4.69) is 15.0 Å². The highest BCUT2D eigenvalue weighted by atomic mass is 16.5. The van der Waals surface area contributed by atoms with Crippen LogP contribution in [0, 0.1) is 0 Å². The molecule has 0 bridgehead atoms. The maximum absolute atomic E-state index is 8.47. The molecule has 2 rings (SSSR count). The van der Waals surface area contributed by atoms with E-state index >= 15 is 0 Å². The molecule has 6 heteroatoms. The van der Waals surface area contributed by atoms with Crippen molar-refractivity contribution in [2.45, 2.75) is 6.54 Å². The molecule has 0 amide bonds. The minimum atomic E-state index is 0.493. The Labute approximate surface area is 98.1 Å². The average molecular weight is 229 g/mol. The van der Waals surface area contributed by atoms with Crippen LogP contribution in [0.5, 0.6) is 5.75 Å². The minimum absolute atomic E-state index is 0.493. The normalized spacial score (nSPS) is 9.71. The van der Waals surface area contributed by atoms with Gasteiger partial charge in [-0.15, -0.1) is 0 Å². The number of imidazole rings is 1. The van der Waals surface area contributed by atoms with Crippen molar-refractivity contribution < 1.29 is 4.74 Å². The molecule has 0 saturated heterocycles. The second kappa shape index (κ2) is 5.05. The summed E-state index contributed by atoms with van der Waals surface area (Å²) < 4.78 is 7.04. The molecule has 0 aliphatic rings. The van der Waals surface area contributed by atoms with Gasteiger partial charge >= 0.3 is 0 Å². The molecule has 0 saturated carbocycles. The number of hydrogen-bond donors (Lipinski definition) is 0. The Bertz CT molecular complexity index is 543. The van der Waals surface area contributed by atoms with E-state index in [1.165, 1.54) is 0 Å². The fraction of sp³-hybridized carbons (Fsp3) is 0.182. The molecule has 6 nitrogen and oxygen atoms in total. The second-order valence-electron chi connectivity index (χ2n) is 3.43. The van der Waals surface area contributed by atoms with Gasteiger partial charge in [-0.05, 0) is 23.2 Å². The highest BCUT2D eigenvalue weighted by molar-refractivity contribution is 5.53. The number of hydrogen-bond acceptors (Lipinski definition) is 3. The number of rotatable bonds is 4. The van der Waals surface area contributed by atoms with Crippen molar-refractivity contribution in [1.29, 1.82) is 0 Å². The Balaban J connectivity index is 2.30. The highest BCUT2D eigenvalue weighted by Crippen LogP contribution is 2.28. The van der Waals surface area contributed by atoms with Gasteiger partial charge in [0.15, 0.2) is 0 Å². The fourth-order valence-electron chi connectivity index (χ4n) is 1.55. The summed E-state index contributed by atoms with van der Waals surface area (Å²) in [6.07, 6.45) is 5.33. The molecule has 0 N–H and O–H groups in total. The summed E-state index contributed by atoms with van der Waals surface area (Å²) in [6.45, 7) is 0.679. The van der Waals surface area contributed by atoms with E-state index < -0.39 is 0 Å². The van der Waals surface area contributed by atoms with E-state index in [0.29, 0.717) is 18.0 Å². The molecule has 0 aliphatic heterocycles. The van der Waals surface area contributed by atoms with Crippen molar-refractivity contribution in [3.63, 3.8) is 0 Å². The van der Waals surface area contributed by atoms with Gasteiger partial charge in [0.05, 0.1) is 19.1 Å². The highest BCUT2D eigenvalue weighted by Gasteiger charge is 2.03. The molecule has 0 aliphatic carbocycles. The summed E-state index contributed by atoms with van der Waals surface area (Å²) in [6, 6.07) is 5.52. The standard InChI is InChI=1S/C11H11N5O/c1-17-11-3-2-9(6-10(11)14-15-12)7-16-5-4-13-8-16/h2-6,8H,7H2,1H3. The summed E-state index contributed by atoms with van der Waals surface area (Å²) in [5.41, 5.74) is 9.99. The summed E-state index contributed by atoms with van der Waals surface area (Å²) in [4.78, 5) is 6.75. The van der Waals surface area contributed by atoms with Crippen LogP contribution in [0.1, 0.15) is 5.56 Å². The van der Waals surface area contributed by atoms with Crippen molar-refractivity contribution in [2.75, 3.05) is 7.11 Å². The van der Waals surface area contributed by atoms with Gasteiger partial charge in [-0.2, -0.15) is 0 Å². The second-order valence-corrected chi connectivity index (χ2v) is 3.43. The van der Waals surface area contributed by atoms with Crippen LogP contribution in [0.15, 0.2) is 42.0 Å². The summed E-state index contributed by atoms with van der Waals surface area (Å²) in [7, 11) is 1.54. The molecular weight excluding hydrogens is 218 g/mol. The third-order valence-corrected chi connectivity index (χ3v) is 2.32. The number of azide groups is 1. The number of ether oxygens (including phenoxy) is 1. The third-order valence-electron chi connectivity index (χ3n) is 2.32. The van der Waals surface area contributed by atoms with Crippen molar-refractivity contribution in [2.24, 2.45) is 5.11 Å². The molecule has 17 heavy (non-hydrogen) atoms. The van der Waals surface area contributed by atoms with Crippen molar-refractivity contribution in [3.8, 4) is 5.75 Å². The van der Waals surface area contributed by atoms with E-state index in [4.69, 9.17) is 10.3 Å². The van der Waals surface area contributed by atoms with Gasteiger partial charge in [-0.3, -0.25) is 0 Å². The molecule has 0 spiro atoms. The minimum Gasteiger partial charge on any atom is -0.496 e. The van der Waals surface area contributed by atoms with Crippen LogP contribution in [0.3, 0.4) is 0 Å². The Morgan fingerprint density at radius 3 is 3.06 bits per heavy atom. The Morgan fingerprint density at radius 2 is 2.41 bits per heavy atom. The first-order chi connectivity index (χ1) is 8.33. The predicted octanol–water partition coefficient (Wildman–Crippen LogP) is 2.88. The first-order valence-electron chi connectivity index (χ1n) is 5.01. The topological polar surface area (TPSA) is 75.8 Å². The monoisotopic (exact) mass is 229 g/mol. The Morgan fingerprint density at radius 1 is 1.53 bits per heavy atom. The van der Waals surface area contributed by atoms with Gasteiger partial charge in [-0.25, -0.2) is 4.98 Å². The van der Waals surface area contributed by atoms with Gasteiger partial charge in [-0.1, -0.05) is 11.2 Å². The van der Waals surface area contributed by atoms with E-state index in [0.717, 1.165) is 5.56 Å². The molecule has 0 fully saturated rings. The first kappa shape index (κ1) is 11.0. The maximum Gasteiger partial charge on any atom is 0.128 e. The largest absolute Gasteiger partial charge is 0.496 e. The Hall–Kier alpha value is -2.46. The van der Waals surface area contributed by atoms with Crippen LogP contribution >= 0.6 is 0 Å². The lowest BCUT2D eigenvalue weighted by atomic mass is 10.2. The Kier molecular flexibility index (Phi) is 3.28. The van der Waals surface area contributed by atoms with Crippen LogP contribution in [-0.4, -0.2) is 16.7 Å². The average Bonchev–Trinajstić information content (AvgIpc) is 2.83. The van der Waals surface area contributed by atoms with E-state index in [9.17, 15) is 0 Å².